The summed E-state index contributed by atoms with van der Waals surface area (Å²) in [5, 5.41) is 19.1. The second-order valence-corrected chi connectivity index (χ2v) is 7.62. The van der Waals surface area contributed by atoms with Crippen LogP contribution in [0.15, 0.2) is 25.0 Å². The van der Waals surface area contributed by atoms with E-state index >= 15 is 0 Å². The number of benzene rings is 1. The van der Waals surface area contributed by atoms with Crippen molar-refractivity contribution >= 4 is 5.78 Å². The normalized spacial score (nSPS) is 36.3. The van der Waals surface area contributed by atoms with Gasteiger partial charge in [0.15, 0.2) is 23.4 Å². The van der Waals surface area contributed by atoms with E-state index in [0.29, 0.717) is 24.3 Å². The molecule has 140 valence electrons. The van der Waals surface area contributed by atoms with Gasteiger partial charge in [0.25, 0.3) is 0 Å². The van der Waals surface area contributed by atoms with Gasteiger partial charge in [-0.05, 0) is 44.5 Å². The summed E-state index contributed by atoms with van der Waals surface area (Å²) in [6.07, 6.45) is 2.64. The Morgan fingerprint density at radius 2 is 2.15 bits per heavy atom. The van der Waals surface area contributed by atoms with Crippen LogP contribution < -0.4 is 9.47 Å². The Kier molecular flexibility index (Phi) is 3.82. The molecule has 1 spiro atoms. The van der Waals surface area contributed by atoms with Crippen molar-refractivity contribution in [3.8, 4) is 11.5 Å². The Hall–Kier alpha value is -2.05. The van der Waals surface area contributed by atoms with Crippen LogP contribution in [0.1, 0.15) is 30.4 Å². The number of hydrogen-bond donors (Lipinski definition) is 2. The van der Waals surface area contributed by atoms with Crippen molar-refractivity contribution in [2.45, 2.75) is 48.8 Å². The lowest BCUT2D eigenvalue weighted by molar-refractivity contribution is -0.185. The van der Waals surface area contributed by atoms with Gasteiger partial charge >= 0.3 is 0 Å². The molecule has 1 aromatic carbocycles. The molecule has 1 aromatic rings. The minimum atomic E-state index is -0.900. The summed E-state index contributed by atoms with van der Waals surface area (Å²) in [6.45, 7) is 3.79. The first-order chi connectivity index (χ1) is 12.4. The van der Waals surface area contributed by atoms with Crippen LogP contribution in [0, 0.1) is 0 Å². The minimum Gasteiger partial charge on any atom is -0.516 e. The Labute approximate surface area is 153 Å². The molecule has 26 heavy (non-hydrogen) atoms. The molecule has 0 aromatic heterocycles. The molecule has 4 aliphatic rings. The number of methoxy groups -OCH3 is 1. The van der Waals surface area contributed by atoms with Gasteiger partial charge in [-0.3, -0.25) is 4.79 Å². The lowest BCUT2D eigenvalue weighted by Crippen LogP contribution is -2.76. The first-order valence-electron chi connectivity index (χ1n) is 9.02. The second kappa shape index (κ2) is 5.72. The van der Waals surface area contributed by atoms with E-state index in [1.54, 1.807) is 7.11 Å². The summed E-state index contributed by atoms with van der Waals surface area (Å²) in [6, 6.07) is 4.05. The van der Waals surface area contributed by atoms with Gasteiger partial charge in [0, 0.05) is 18.0 Å². The molecule has 2 aliphatic carbocycles. The quantitative estimate of drug-likeness (QED) is 0.744. The van der Waals surface area contributed by atoms with Gasteiger partial charge in [-0.15, -0.1) is 0 Å². The van der Waals surface area contributed by atoms with E-state index in [9.17, 15) is 9.90 Å². The van der Waals surface area contributed by atoms with Gasteiger partial charge in [0.1, 0.15) is 0 Å². The average molecular weight is 359 g/mol. The van der Waals surface area contributed by atoms with Gasteiger partial charge in [-0.1, -0.05) is 12.6 Å². The predicted molar refractivity (Wildman–Crippen MR) is 95.8 cm³/mol. The van der Waals surface area contributed by atoms with Gasteiger partial charge in [-0.2, -0.15) is 0 Å². The Morgan fingerprint density at radius 1 is 1.42 bits per heavy atom. The number of ether oxygens (including phenoxy) is 2. The van der Waals surface area contributed by atoms with E-state index in [0.717, 1.165) is 31.2 Å². The molecule has 0 unspecified atom stereocenters. The number of carbonyl (C=O) groups excluding carboxylic acids is 1. The van der Waals surface area contributed by atoms with E-state index in [2.05, 4.69) is 24.6 Å². The molecule has 2 N–H and O–H groups in total. The summed E-state index contributed by atoms with van der Waals surface area (Å²) < 4.78 is 11.6. The average Bonchev–Trinajstić information content (AvgIpc) is 2.97. The molecule has 2 bridgehead atoms. The maximum absolute atomic E-state index is 12.7. The Morgan fingerprint density at radius 3 is 2.85 bits per heavy atom. The maximum Gasteiger partial charge on any atom is 0.174 e. The Bertz CT molecular complexity index is 778. The number of likely N-dealkylation sites (tertiary alicyclic amines) is 1. The second-order valence-electron chi connectivity index (χ2n) is 7.62. The van der Waals surface area contributed by atoms with E-state index in [1.165, 1.54) is 5.56 Å². The number of aliphatic hydroxyl groups excluding tert-OH is 1. The number of ketones is 1. The number of rotatable bonds is 1. The highest BCUT2D eigenvalue weighted by Gasteiger charge is 2.72. The third-order valence-corrected chi connectivity index (χ3v) is 6.73. The fraction of sp³-hybridized carbons (Fsp3) is 0.550. The highest BCUT2D eigenvalue weighted by molar-refractivity contribution is 5.90. The number of piperidine rings is 1. The first kappa shape index (κ1) is 17.4. The lowest BCUT2D eigenvalue weighted by atomic mass is 9.49. The SMILES string of the molecule is C=CO.COc1ccc2c3c1O[C@H]1C(=O)CC[C@@]4(O)[C@@H](C2)N(C)CC[C@]314. The third kappa shape index (κ3) is 1.86. The summed E-state index contributed by atoms with van der Waals surface area (Å²) >= 11 is 0. The number of Topliss-reactive ketones (excluding diaryl/α,β-unsaturated/α-hetero) is 1. The standard InChI is InChI=1S/C18H21NO4.C2H4O/c1-19-8-7-17-14-10-3-4-12(22-2)15(14)23-16(17)11(20)5-6-18(17,21)13(19)9-10;1-2-3/h3-4,13,16,21H,5-9H2,1-2H3;2-3H,1H2/t13-,16+,17+,18-;/m1./s1. The van der Waals surface area contributed by atoms with E-state index < -0.39 is 17.1 Å². The molecular weight excluding hydrogens is 334 g/mol. The highest BCUT2D eigenvalue weighted by Crippen LogP contribution is 2.64. The van der Waals surface area contributed by atoms with E-state index in [4.69, 9.17) is 14.6 Å². The molecule has 0 radical (unpaired) electrons. The fourth-order valence-corrected chi connectivity index (χ4v) is 5.69. The summed E-state index contributed by atoms with van der Waals surface area (Å²) in [4.78, 5) is 14.9. The van der Waals surface area contributed by atoms with Crippen LogP contribution in [-0.2, 0) is 16.6 Å². The monoisotopic (exact) mass is 359 g/mol. The molecule has 1 saturated carbocycles. The van der Waals surface area contributed by atoms with Gasteiger partial charge in [0.2, 0.25) is 0 Å². The van der Waals surface area contributed by atoms with Crippen molar-refractivity contribution in [2.75, 3.05) is 20.7 Å². The van der Waals surface area contributed by atoms with Crippen LogP contribution >= 0.6 is 0 Å². The van der Waals surface area contributed by atoms with Crippen LogP contribution in [0.4, 0.5) is 0 Å². The molecule has 2 aliphatic heterocycles. The zero-order valence-corrected chi connectivity index (χ0v) is 15.2. The third-order valence-electron chi connectivity index (χ3n) is 6.73. The lowest BCUT2D eigenvalue weighted by Gasteiger charge is -2.62. The number of nitrogens with zero attached hydrogens (tertiary/aromatic N) is 1. The van der Waals surface area contributed by atoms with E-state index in [-0.39, 0.29) is 11.8 Å². The summed E-state index contributed by atoms with van der Waals surface area (Å²) in [7, 11) is 3.70. The van der Waals surface area contributed by atoms with Crippen molar-refractivity contribution in [3.05, 3.63) is 36.1 Å². The van der Waals surface area contributed by atoms with Crippen LogP contribution in [-0.4, -0.2) is 59.3 Å². The number of carbonyl (C=O) groups is 1. The molecule has 4 atom stereocenters. The smallest absolute Gasteiger partial charge is 0.174 e. The maximum atomic E-state index is 12.7. The Balaban J connectivity index is 0.000000527. The molecule has 1 saturated heterocycles. The minimum absolute atomic E-state index is 0.0438. The van der Waals surface area contributed by atoms with Crippen molar-refractivity contribution in [2.24, 2.45) is 0 Å². The zero-order valence-electron chi connectivity index (χ0n) is 15.2. The van der Waals surface area contributed by atoms with Crippen molar-refractivity contribution in [1.29, 1.82) is 0 Å². The van der Waals surface area contributed by atoms with Gasteiger partial charge < -0.3 is 24.6 Å². The van der Waals surface area contributed by atoms with Crippen molar-refractivity contribution < 1.29 is 24.5 Å². The zero-order chi connectivity index (χ0) is 18.7. The molecule has 5 rings (SSSR count). The van der Waals surface area contributed by atoms with Gasteiger partial charge in [0.05, 0.1) is 24.4 Å². The number of hydrogen-bond acceptors (Lipinski definition) is 6. The van der Waals surface area contributed by atoms with Crippen LogP contribution in [0.3, 0.4) is 0 Å². The van der Waals surface area contributed by atoms with Crippen LogP contribution in [0.25, 0.3) is 0 Å². The molecule has 6 heteroatoms. The van der Waals surface area contributed by atoms with Gasteiger partial charge in [-0.25, -0.2) is 0 Å². The van der Waals surface area contributed by atoms with Crippen molar-refractivity contribution in [1.82, 2.24) is 4.90 Å². The van der Waals surface area contributed by atoms with E-state index in [1.807, 2.05) is 6.07 Å². The summed E-state index contributed by atoms with van der Waals surface area (Å²) in [5.74, 6) is 1.47. The molecular formula is C20H25NO5. The summed E-state index contributed by atoms with van der Waals surface area (Å²) in [5.41, 5.74) is 0.737. The molecule has 0 amide bonds. The molecule has 2 heterocycles. The fourth-order valence-electron chi connectivity index (χ4n) is 5.69. The van der Waals surface area contributed by atoms with Crippen molar-refractivity contribution in [3.63, 3.8) is 0 Å². The first-order valence-corrected chi connectivity index (χ1v) is 9.02. The predicted octanol–water partition coefficient (Wildman–Crippen LogP) is 1.74. The highest BCUT2D eigenvalue weighted by atomic mass is 16.5. The topological polar surface area (TPSA) is 79.2 Å². The molecule has 2 fully saturated rings. The number of aliphatic hydroxyl groups is 2. The van der Waals surface area contributed by atoms with Crippen LogP contribution in [0.5, 0.6) is 11.5 Å². The molecule has 6 nitrogen and oxygen atoms in total. The largest absolute Gasteiger partial charge is 0.516 e. The number of likely N-dealkylation sites (N-methyl/N-ethyl adjacent to an activating group) is 1. The van der Waals surface area contributed by atoms with Crippen LogP contribution in [0.2, 0.25) is 0 Å².